The summed E-state index contributed by atoms with van der Waals surface area (Å²) in [6, 6.07) is 5.80. The zero-order valence-corrected chi connectivity index (χ0v) is 21.8. The van der Waals surface area contributed by atoms with E-state index in [2.05, 4.69) is 24.0 Å². The Bertz CT molecular complexity index is 1410. The van der Waals surface area contributed by atoms with Gasteiger partial charge in [-0.05, 0) is 49.7 Å². The van der Waals surface area contributed by atoms with Crippen LogP contribution < -0.4 is 5.73 Å². The number of thioether (sulfide) groups is 1. The third-order valence-corrected chi connectivity index (χ3v) is 8.69. The number of hydrogen-bond donors (Lipinski definition) is 1. The molecule has 1 saturated heterocycles. The monoisotopic (exact) mass is 504 g/mol. The number of fused-ring (bicyclic) bond motifs is 2. The molecule has 2 aliphatic rings. The van der Waals surface area contributed by atoms with E-state index < -0.39 is 0 Å². The summed E-state index contributed by atoms with van der Waals surface area (Å²) in [6.07, 6.45) is 6.14. The lowest BCUT2D eigenvalue weighted by Gasteiger charge is -2.23. The van der Waals surface area contributed by atoms with Crippen molar-refractivity contribution in [1.82, 2.24) is 24.6 Å². The number of nitrogen functional groups attached to an aromatic ring is 1. The third-order valence-electron chi connectivity index (χ3n) is 7.47. The van der Waals surface area contributed by atoms with Gasteiger partial charge in [0, 0.05) is 48.5 Å². The van der Waals surface area contributed by atoms with Gasteiger partial charge in [0.2, 0.25) is 11.8 Å². The predicted molar refractivity (Wildman–Crippen MR) is 141 cm³/mol. The average molecular weight is 505 g/mol. The molecule has 0 radical (unpaired) electrons. The Balaban J connectivity index is 1.57. The summed E-state index contributed by atoms with van der Waals surface area (Å²) in [6.45, 7) is 8.08. The van der Waals surface area contributed by atoms with Crippen LogP contribution in [0.5, 0.6) is 0 Å². The molecule has 0 spiro atoms. The SMILES string of the molecule is Cc1nnc(-c2c(CCC3CCOCC3)nc3c(c2-c2cn4c(N)cccc4n2)SCC3C(C)C)o1. The van der Waals surface area contributed by atoms with Crippen LogP contribution in [0.15, 0.2) is 33.7 Å². The van der Waals surface area contributed by atoms with E-state index in [-0.39, 0.29) is 0 Å². The van der Waals surface area contributed by atoms with Crippen molar-refractivity contribution < 1.29 is 9.15 Å². The molecule has 0 amide bonds. The normalized spacial score (nSPS) is 18.4. The highest BCUT2D eigenvalue weighted by Crippen LogP contribution is 2.50. The molecule has 188 valence electrons. The number of nitrogens with two attached hydrogens (primary N) is 1. The van der Waals surface area contributed by atoms with Crippen LogP contribution in [0.2, 0.25) is 0 Å². The van der Waals surface area contributed by atoms with Crippen molar-refractivity contribution in [2.45, 2.75) is 57.3 Å². The first-order valence-electron chi connectivity index (χ1n) is 12.8. The lowest BCUT2D eigenvalue weighted by Crippen LogP contribution is -2.17. The van der Waals surface area contributed by atoms with Crippen LogP contribution in [0.3, 0.4) is 0 Å². The standard InChI is InChI=1S/C27H32N6O2S/c1-15(2)18-14-36-26-23(20-13-33-21(28)5-4-6-22(33)29-20)24(27-32-31-16(3)35-27)19(30-25(18)26)8-7-17-9-11-34-12-10-17/h4-6,13,15,17-18H,7-12,14,28H2,1-3H3. The second-order valence-electron chi connectivity index (χ2n) is 10.2. The molecule has 4 aromatic rings. The molecule has 0 bridgehead atoms. The van der Waals surface area contributed by atoms with Crippen molar-refractivity contribution in [2.24, 2.45) is 11.8 Å². The zero-order valence-electron chi connectivity index (χ0n) is 21.0. The number of anilines is 1. The molecule has 9 heteroatoms. The number of ether oxygens (including phenoxy) is 1. The highest BCUT2D eigenvalue weighted by Gasteiger charge is 2.35. The lowest BCUT2D eigenvalue weighted by molar-refractivity contribution is 0.0639. The average Bonchev–Trinajstić information content (AvgIpc) is 3.60. The van der Waals surface area contributed by atoms with E-state index in [1.807, 2.05) is 47.5 Å². The van der Waals surface area contributed by atoms with E-state index >= 15 is 0 Å². The molecule has 0 aromatic carbocycles. The molecule has 1 unspecified atom stereocenters. The molecule has 6 heterocycles. The van der Waals surface area contributed by atoms with Gasteiger partial charge in [0.05, 0.1) is 22.6 Å². The first-order valence-corrected chi connectivity index (χ1v) is 13.8. The molecule has 8 nitrogen and oxygen atoms in total. The predicted octanol–water partition coefficient (Wildman–Crippen LogP) is 5.54. The molecular weight excluding hydrogens is 472 g/mol. The fraction of sp³-hybridized carbons (Fsp3) is 0.481. The van der Waals surface area contributed by atoms with Gasteiger partial charge in [-0.2, -0.15) is 0 Å². The van der Waals surface area contributed by atoms with Gasteiger partial charge in [0.1, 0.15) is 11.5 Å². The van der Waals surface area contributed by atoms with Gasteiger partial charge in [-0.1, -0.05) is 19.9 Å². The fourth-order valence-electron chi connectivity index (χ4n) is 5.38. The molecule has 4 aromatic heterocycles. The molecule has 36 heavy (non-hydrogen) atoms. The highest BCUT2D eigenvalue weighted by atomic mass is 32.2. The molecule has 0 saturated carbocycles. The first-order chi connectivity index (χ1) is 17.5. The summed E-state index contributed by atoms with van der Waals surface area (Å²) >= 11 is 1.86. The fourth-order valence-corrected chi connectivity index (χ4v) is 6.96. The van der Waals surface area contributed by atoms with E-state index in [1.165, 1.54) is 10.6 Å². The minimum Gasteiger partial charge on any atom is -0.421 e. The smallest absolute Gasteiger partial charge is 0.250 e. The van der Waals surface area contributed by atoms with Gasteiger partial charge in [-0.25, -0.2) is 4.98 Å². The van der Waals surface area contributed by atoms with Crippen LogP contribution in [-0.2, 0) is 11.2 Å². The van der Waals surface area contributed by atoms with Crippen LogP contribution >= 0.6 is 11.8 Å². The first kappa shape index (κ1) is 23.5. The van der Waals surface area contributed by atoms with E-state index in [0.29, 0.717) is 35.4 Å². The number of pyridine rings is 2. The van der Waals surface area contributed by atoms with Crippen LogP contribution in [0.25, 0.3) is 28.4 Å². The van der Waals surface area contributed by atoms with Crippen molar-refractivity contribution in [3.05, 3.63) is 41.7 Å². The van der Waals surface area contributed by atoms with E-state index in [1.54, 1.807) is 0 Å². The molecule has 2 N–H and O–H groups in total. The number of aryl methyl sites for hydroxylation is 2. The summed E-state index contributed by atoms with van der Waals surface area (Å²) in [7, 11) is 0. The minimum absolute atomic E-state index is 0.395. The van der Waals surface area contributed by atoms with E-state index in [4.69, 9.17) is 24.9 Å². The van der Waals surface area contributed by atoms with Crippen LogP contribution in [0.4, 0.5) is 5.82 Å². The number of imidazole rings is 1. The van der Waals surface area contributed by atoms with Gasteiger partial charge in [-0.15, -0.1) is 22.0 Å². The number of nitrogens with zero attached hydrogens (tertiary/aromatic N) is 5. The zero-order chi connectivity index (χ0) is 24.8. The molecule has 1 fully saturated rings. The van der Waals surface area contributed by atoms with Crippen molar-refractivity contribution in [2.75, 3.05) is 24.7 Å². The van der Waals surface area contributed by atoms with Gasteiger partial charge < -0.3 is 14.9 Å². The van der Waals surface area contributed by atoms with Gasteiger partial charge in [0.15, 0.2) is 0 Å². The van der Waals surface area contributed by atoms with E-state index in [9.17, 15) is 0 Å². The lowest BCUT2D eigenvalue weighted by atomic mass is 9.89. The largest absolute Gasteiger partial charge is 0.421 e. The van der Waals surface area contributed by atoms with Crippen LogP contribution in [0, 0.1) is 18.8 Å². The summed E-state index contributed by atoms with van der Waals surface area (Å²) in [5.74, 6) is 4.24. The minimum atomic E-state index is 0.395. The number of rotatable bonds is 6. The Morgan fingerprint density at radius 2 is 1.97 bits per heavy atom. The Morgan fingerprint density at radius 3 is 2.69 bits per heavy atom. The van der Waals surface area contributed by atoms with Crippen molar-refractivity contribution in [3.8, 4) is 22.7 Å². The molecular formula is C27H32N6O2S. The second-order valence-corrected chi connectivity index (χ2v) is 11.2. The molecule has 2 aliphatic heterocycles. The summed E-state index contributed by atoms with van der Waals surface area (Å²) in [5, 5.41) is 8.63. The second kappa shape index (κ2) is 9.52. The summed E-state index contributed by atoms with van der Waals surface area (Å²) in [4.78, 5) is 11.5. The Hall–Kier alpha value is -2.91. The Labute approximate surface area is 215 Å². The van der Waals surface area contributed by atoms with Gasteiger partial charge in [-0.3, -0.25) is 9.38 Å². The highest BCUT2D eigenvalue weighted by molar-refractivity contribution is 7.99. The molecule has 6 rings (SSSR count). The van der Waals surface area contributed by atoms with E-state index in [0.717, 1.165) is 72.8 Å². The van der Waals surface area contributed by atoms with Crippen molar-refractivity contribution in [1.29, 1.82) is 0 Å². The van der Waals surface area contributed by atoms with Crippen LogP contribution in [-0.4, -0.2) is 43.5 Å². The molecule has 0 aliphatic carbocycles. The maximum Gasteiger partial charge on any atom is 0.250 e. The van der Waals surface area contributed by atoms with Gasteiger partial charge >= 0.3 is 0 Å². The van der Waals surface area contributed by atoms with Crippen LogP contribution in [0.1, 0.15) is 56.3 Å². The Morgan fingerprint density at radius 1 is 1.14 bits per heavy atom. The third kappa shape index (κ3) is 4.18. The topological polar surface area (TPSA) is 104 Å². The molecule has 1 atom stereocenters. The van der Waals surface area contributed by atoms with Gasteiger partial charge in [0.25, 0.3) is 0 Å². The Kier molecular flexibility index (Phi) is 6.21. The summed E-state index contributed by atoms with van der Waals surface area (Å²) < 4.78 is 13.6. The number of aromatic nitrogens is 5. The van der Waals surface area contributed by atoms with Crippen molar-refractivity contribution in [3.63, 3.8) is 0 Å². The maximum atomic E-state index is 6.29. The number of hydrogen-bond acceptors (Lipinski definition) is 8. The quantitative estimate of drug-likeness (QED) is 0.365. The maximum absolute atomic E-state index is 6.29. The summed E-state index contributed by atoms with van der Waals surface area (Å²) in [5.41, 5.74) is 12.1. The van der Waals surface area contributed by atoms with Crippen molar-refractivity contribution >= 4 is 23.2 Å².